The molecule has 3 aromatic rings. The van der Waals surface area contributed by atoms with E-state index in [-0.39, 0.29) is 11.3 Å². The molecule has 2 aliphatic heterocycles. The van der Waals surface area contributed by atoms with E-state index in [4.69, 9.17) is 13.9 Å². The molecular formula is C27H28N2O6. The van der Waals surface area contributed by atoms with Gasteiger partial charge < -0.3 is 23.9 Å². The Morgan fingerprint density at radius 3 is 2.66 bits per heavy atom. The van der Waals surface area contributed by atoms with Gasteiger partial charge in [0.1, 0.15) is 11.3 Å². The fraction of sp³-hybridized carbons (Fsp3) is 0.333. The van der Waals surface area contributed by atoms with E-state index in [0.29, 0.717) is 49.8 Å². The van der Waals surface area contributed by atoms with Crippen molar-refractivity contribution in [3.05, 3.63) is 77.3 Å². The standard InChI is InChI=1S/C27H28N2O6/c1-2-34-20-8-5-7-19(16-20)24-23(25(30)22-17-18-6-3-4-9-21(18)35-22)26(31)27(32)29(24)11-10-28-12-14-33-15-13-28/h3-9,16-17,24,31H,2,10-15H2,1H3/t24-/m0/s1. The first-order valence-corrected chi connectivity index (χ1v) is 11.9. The smallest absolute Gasteiger partial charge is 0.290 e. The van der Waals surface area contributed by atoms with E-state index in [1.54, 1.807) is 17.0 Å². The monoisotopic (exact) mass is 476 g/mol. The van der Waals surface area contributed by atoms with Gasteiger partial charge in [-0.2, -0.15) is 0 Å². The number of rotatable bonds is 8. The van der Waals surface area contributed by atoms with Crippen LogP contribution in [-0.4, -0.2) is 72.6 Å². The Labute approximate surface area is 203 Å². The van der Waals surface area contributed by atoms with Gasteiger partial charge in [-0.15, -0.1) is 0 Å². The molecule has 0 spiro atoms. The van der Waals surface area contributed by atoms with Gasteiger partial charge in [0.15, 0.2) is 11.5 Å². The summed E-state index contributed by atoms with van der Waals surface area (Å²) in [4.78, 5) is 30.7. The van der Waals surface area contributed by atoms with Gasteiger partial charge in [-0.3, -0.25) is 14.5 Å². The van der Waals surface area contributed by atoms with Crippen molar-refractivity contribution in [2.45, 2.75) is 13.0 Å². The molecule has 1 saturated heterocycles. The molecule has 0 saturated carbocycles. The number of ether oxygens (including phenoxy) is 2. The second kappa shape index (κ2) is 9.93. The highest BCUT2D eigenvalue weighted by molar-refractivity contribution is 6.16. The Bertz CT molecular complexity index is 1240. The van der Waals surface area contributed by atoms with Crippen LogP contribution in [0.25, 0.3) is 11.0 Å². The summed E-state index contributed by atoms with van der Waals surface area (Å²) in [6.07, 6.45) is 0. The lowest BCUT2D eigenvalue weighted by Gasteiger charge is -2.31. The quantitative estimate of drug-likeness (QED) is 0.495. The van der Waals surface area contributed by atoms with Crippen LogP contribution in [0.5, 0.6) is 5.75 Å². The molecule has 1 atom stereocenters. The van der Waals surface area contributed by atoms with Crippen molar-refractivity contribution >= 4 is 22.7 Å². The third kappa shape index (κ3) is 4.54. The number of nitrogens with zero attached hydrogens (tertiary/aromatic N) is 2. The van der Waals surface area contributed by atoms with Crippen LogP contribution in [0.2, 0.25) is 0 Å². The number of hydrogen-bond acceptors (Lipinski definition) is 7. The highest BCUT2D eigenvalue weighted by Crippen LogP contribution is 2.40. The van der Waals surface area contributed by atoms with Crippen LogP contribution in [0.3, 0.4) is 0 Å². The average molecular weight is 477 g/mol. The zero-order valence-corrected chi connectivity index (χ0v) is 19.6. The van der Waals surface area contributed by atoms with Crippen molar-refractivity contribution in [3.63, 3.8) is 0 Å². The molecule has 0 aliphatic carbocycles. The summed E-state index contributed by atoms with van der Waals surface area (Å²) in [5.74, 6) is -0.893. The second-order valence-corrected chi connectivity index (χ2v) is 8.60. The first-order chi connectivity index (χ1) is 17.1. The summed E-state index contributed by atoms with van der Waals surface area (Å²) in [6.45, 7) is 6.18. The number of Topliss-reactive ketones (excluding diaryl/α,β-unsaturated/α-hetero) is 1. The van der Waals surface area contributed by atoms with Gasteiger partial charge in [0, 0.05) is 31.6 Å². The lowest BCUT2D eigenvalue weighted by molar-refractivity contribution is -0.129. The van der Waals surface area contributed by atoms with Crippen molar-refractivity contribution < 1.29 is 28.6 Å². The molecule has 1 N–H and O–H groups in total. The highest BCUT2D eigenvalue weighted by atomic mass is 16.5. The molecule has 1 aromatic heterocycles. The summed E-state index contributed by atoms with van der Waals surface area (Å²) in [5.41, 5.74) is 1.28. The summed E-state index contributed by atoms with van der Waals surface area (Å²) in [6, 6.07) is 15.5. The first kappa shape index (κ1) is 23.1. The van der Waals surface area contributed by atoms with Gasteiger partial charge in [-0.25, -0.2) is 0 Å². The number of carbonyl (C=O) groups is 2. The van der Waals surface area contributed by atoms with E-state index in [2.05, 4.69) is 4.90 Å². The van der Waals surface area contributed by atoms with E-state index in [0.717, 1.165) is 18.5 Å². The molecule has 182 valence electrons. The van der Waals surface area contributed by atoms with E-state index >= 15 is 0 Å². The average Bonchev–Trinajstić information content (AvgIpc) is 3.43. The van der Waals surface area contributed by atoms with Crippen molar-refractivity contribution in [2.24, 2.45) is 0 Å². The Hall–Kier alpha value is -3.62. The zero-order valence-electron chi connectivity index (χ0n) is 19.6. The maximum Gasteiger partial charge on any atom is 0.290 e. The minimum Gasteiger partial charge on any atom is -0.503 e. The predicted molar refractivity (Wildman–Crippen MR) is 130 cm³/mol. The van der Waals surface area contributed by atoms with Crippen molar-refractivity contribution in [2.75, 3.05) is 46.0 Å². The number of para-hydroxylation sites is 1. The summed E-state index contributed by atoms with van der Waals surface area (Å²) >= 11 is 0. The minimum atomic E-state index is -0.760. The molecule has 8 heteroatoms. The lowest BCUT2D eigenvalue weighted by atomic mass is 9.95. The van der Waals surface area contributed by atoms with Gasteiger partial charge >= 0.3 is 0 Å². The first-order valence-electron chi connectivity index (χ1n) is 11.9. The molecule has 0 bridgehead atoms. The number of aliphatic hydroxyl groups excluding tert-OH is 1. The zero-order chi connectivity index (χ0) is 24.4. The highest BCUT2D eigenvalue weighted by Gasteiger charge is 2.44. The van der Waals surface area contributed by atoms with E-state index in [1.165, 1.54) is 0 Å². The van der Waals surface area contributed by atoms with E-state index in [1.807, 2.05) is 49.4 Å². The molecule has 2 aliphatic rings. The van der Waals surface area contributed by atoms with Crippen molar-refractivity contribution in [3.8, 4) is 5.75 Å². The van der Waals surface area contributed by atoms with Gasteiger partial charge in [0.25, 0.3) is 5.91 Å². The number of carbonyl (C=O) groups excluding carboxylic acids is 2. The maximum atomic E-state index is 13.7. The molecular weight excluding hydrogens is 448 g/mol. The Morgan fingerprint density at radius 2 is 1.89 bits per heavy atom. The molecule has 1 fully saturated rings. The van der Waals surface area contributed by atoms with Crippen molar-refractivity contribution in [1.29, 1.82) is 0 Å². The van der Waals surface area contributed by atoms with E-state index < -0.39 is 23.5 Å². The number of morpholine rings is 1. The number of benzene rings is 2. The van der Waals surface area contributed by atoms with Gasteiger partial charge in [0.2, 0.25) is 5.78 Å². The lowest BCUT2D eigenvalue weighted by Crippen LogP contribution is -2.43. The Kier molecular flexibility index (Phi) is 6.57. The Balaban J connectivity index is 1.51. The third-order valence-electron chi connectivity index (χ3n) is 6.44. The van der Waals surface area contributed by atoms with Crippen LogP contribution >= 0.6 is 0 Å². The second-order valence-electron chi connectivity index (χ2n) is 8.60. The molecule has 3 heterocycles. The molecule has 8 nitrogen and oxygen atoms in total. The SMILES string of the molecule is CCOc1cccc([C@H]2C(C(=O)c3cc4ccccc4o3)=C(O)C(=O)N2CCN2CCOCC2)c1. The largest absolute Gasteiger partial charge is 0.503 e. The van der Waals surface area contributed by atoms with Crippen LogP contribution in [0.15, 0.2) is 70.3 Å². The van der Waals surface area contributed by atoms with Gasteiger partial charge in [-0.1, -0.05) is 30.3 Å². The number of furan rings is 1. The molecule has 0 radical (unpaired) electrons. The maximum absolute atomic E-state index is 13.7. The van der Waals surface area contributed by atoms with E-state index in [9.17, 15) is 14.7 Å². The number of fused-ring (bicyclic) bond motifs is 1. The number of hydrogen-bond donors (Lipinski definition) is 1. The van der Waals surface area contributed by atoms with Crippen LogP contribution in [0, 0.1) is 0 Å². The molecule has 1 amide bonds. The van der Waals surface area contributed by atoms with Crippen LogP contribution < -0.4 is 4.74 Å². The van der Waals surface area contributed by atoms with Crippen LogP contribution in [0.4, 0.5) is 0 Å². The third-order valence-corrected chi connectivity index (χ3v) is 6.44. The summed E-state index contributed by atoms with van der Waals surface area (Å²) < 4.78 is 16.9. The van der Waals surface area contributed by atoms with Crippen LogP contribution in [0.1, 0.15) is 29.1 Å². The summed E-state index contributed by atoms with van der Waals surface area (Å²) in [7, 11) is 0. The topological polar surface area (TPSA) is 92.5 Å². The molecule has 35 heavy (non-hydrogen) atoms. The number of ketones is 1. The van der Waals surface area contributed by atoms with Gasteiger partial charge in [0.05, 0.1) is 31.4 Å². The summed E-state index contributed by atoms with van der Waals surface area (Å²) in [5, 5.41) is 11.7. The molecule has 2 aromatic carbocycles. The fourth-order valence-corrected chi connectivity index (χ4v) is 4.70. The number of aliphatic hydroxyl groups is 1. The van der Waals surface area contributed by atoms with Crippen molar-refractivity contribution in [1.82, 2.24) is 9.80 Å². The fourth-order valence-electron chi connectivity index (χ4n) is 4.70. The normalized spacial score (nSPS) is 19.1. The minimum absolute atomic E-state index is 0.0182. The predicted octanol–water partition coefficient (Wildman–Crippen LogP) is 3.74. The molecule has 0 unspecified atom stereocenters. The van der Waals surface area contributed by atoms with Gasteiger partial charge in [-0.05, 0) is 36.8 Å². The van der Waals surface area contributed by atoms with Crippen LogP contribution in [-0.2, 0) is 9.53 Å². The Morgan fingerprint density at radius 1 is 1.09 bits per heavy atom. The molecule has 5 rings (SSSR count). The number of amides is 1.